The van der Waals surface area contributed by atoms with E-state index in [-0.39, 0.29) is 12.5 Å². The first-order chi connectivity index (χ1) is 16.6. The van der Waals surface area contributed by atoms with E-state index in [2.05, 4.69) is 0 Å². The topological polar surface area (TPSA) is 188 Å². The van der Waals surface area contributed by atoms with E-state index in [1.165, 1.54) is 0 Å². The van der Waals surface area contributed by atoms with E-state index in [0.29, 0.717) is 5.75 Å². The van der Waals surface area contributed by atoms with Crippen LogP contribution in [0.4, 0.5) is 0 Å². The maximum atomic E-state index is 10.3. The molecule has 0 amide bonds. The van der Waals surface area contributed by atoms with E-state index >= 15 is 0 Å². The molecule has 0 radical (unpaired) electrons. The summed E-state index contributed by atoms with van der Waals surface area (Å²) in [6, 6.07) is 5.56. The monoisotopic (exact) mass is 504 g/mol. The van der Waals surface area contributed by atoms with Crippen molar-refractivity contribution in [2.24, 2.45) is 0 Å². The van der Waals surface area contributed by atoms with Crippen LogP contribution in [0.2, 0.25) is 0 Å². The third-order valence-electron chi connectivity index (χ3n) is 6.28. The number of aliphatic hydroxyl groups excluding tert-OH is 7. The lowest BCUT2D eigenvalue weighted by molar-refractivity contribution is -0.332. The summed E-state index contributed by atoms with van der Waals surface area (Å²) < 4.78 is 27.4. The molecule has 35 heavy (non-hydrogen) atoms. The molecule has 3 rings (SSSR count). The molecular formula is C23H36O12. The van der Waals surface area contributed by atoms with Crippen molar-refractivity contribution in [2.45, 2.75) is 87.8 Å². The second-order valence-corrected chi connectivity index (χ2v) is 9.09. The van der Waals surface area contributed by atoms with Gasteiger partial charge in [0.2, 0.25) is 0 Å². The van der Waals surface area contributed by atoms with Crippen molar-refractivity contribution in [3.63, 3.8) is 0 Å². The van der Waals surface area contributed by atoms with Gasteiger partial charge in [-0.25, -0.2) is 0 Å². The lowest BCUT2D eigenvalue weighted by Crippen LogP contribution is -2.61. The Morgan fingerprint density at radius 2 is 1.37 bits per heavy atom. The lowest BCUT2D eigenvalue weighted by atomic mass is 9.98. The van der Waals surface area contributed by atoms with Crippen LogP contribution in [0.25, 0.3) is 0 Å². The van der Waals surface area contributed by atoms with Gasteiger partial charge in [0.1, 0.15) is 54.6 Å². The van der Waals surface area contributed by atoms with E-state index in [0.717, 1.165) is 11.1 Å². The van der Waals surface area contributed by atoms with Gasteiger partial charge in [-0.2, -0.15) is 0 Å². The third-order valence-corrected chi connectivity index (χ3v) is 6.28. The minimum absolute atomic E-state index is 0.0135. The van der Waals surface area contributed by atoms with Crippen LogP contribution < -0.4 is 4.74 Å². The van der Waals surface area contributed by atoms with Crippen molar-refractivity contribution < 1.29 is 59.4 Å². The van der Waals surface area contributed by atoms with E-state index in [1.807, 2.05) is 26.0 Å². The van der Waals surface area contributed by atoms with Crippen LogP contribution in [0.1, 0.15) is 30.9 Å². The Kier molecular flexibility index (Phi) is 9.82. The Morgan fingerprint density at radius 1 is 0.800 bits per heavy atom. The fourth-order valence-electron chi connectivity index (χ4n) is 4.09. The molecule has 2 saturated heterocycles. The molecule has 2 fully saturated rings. The van der Waals surface area contributed by atoms with E-state index in [9.17, 15) is 35.7 Å². The average Bonchev–Trinajstić information content (AvgIpc) is 2.85. The number of hydrogen-bond donors (Lipinski definition) is 7. The number of methoxy groups -OCH3 is 1. The van der Waals surface area contributed by atoms with Gasteiger partial charge in [0.05, 0.1) is 26.9 Å². The predicted molar refractivity (Wildman–Crippen MR) is 118 cm³/mol. The Labute approximate surface area is 203 Å². The summed E-state index contributed by atoms with van der Waals surface area (Å²) in [4.78, 5) is 0. The first-order valence-electron chi connectivity index (χ1n) is 11.5. The van der Waals surface area contributed by atoms with Crippen LogP contribution in [0.3, 0.4) is 0 Å². The second kappa shape index (κ2) is 12.2. The molecule has 0 aliphatic carbocycles. The molecular weight excluding hydrogens is 468 g/mol. The molecule has 7 N–H and O–H groups in total. The van der Waals surface area contributed by atoms with Gasteiger partial charge < -0.3 is 59.4 Å². The first kappa shape index (κ1) is 28.2. The molecule has 12 heteroatoms. The van der Waals surface area contributed by atoms with Crippen LogP contribution in [0.15, 0.2) is 18.2 Å². The van der Waals surface area contributed by atoms with Gasteiger partial charge in [0, 0.05) is 0 Å². The lowest BCUT2D eigenvalue weighted by Gasteiger charge is -2.42. The van der Waals surface area contributed by atoms with Crippen LogP contribution in [-0.4, -0.2) is 117 Å². The van der Waals surface area contributed by atoms with Crippen LogP contribution >= 0.6 is 0 Å². The molecule has 10 unspecified atom stereocenters. The molecule has 200 valence electrons. The highest BCUT2D eigenvalue weighted by Crippen LogP contribution is 2.29. The molecule has 1 aromatic rings. The highest BCUT2D eigenvalue weighted by atomic mass is 16.7. The van der Waals surface area contributed by atoms with Crippen molar-refractivity contribution in [2.75, 3.05) is 20.3 Å². The van der Waals surface area contributed by atoms with E-state index < -0.39 is 74.6 Å². The number of rotatable bonds is 9. The van der Waals surface area contributed by atoms with E-state index in [1.54, 1.807) is 13.2 Å². The van der Waals surface area contributed by atoms with Crippen molar-refractivity contribution in [3.8, 4) is 5.75 Å². The molecule has 0 saturated carbocycles. The quantitative estimate of drug-likeness (QED) is 0.195. The Hall–Kier alpha value is -1.42. The summed E-state index contributed by atoms with van der Waals surface area (Å²) in [6.07, 6.45) is -14.7. The van der Waals surface area contributed by atoms with Gasteiger partial charge in [-0.1, -0.05) is 26.0 Å². The van der Waals surface area contributed by atoms with Gasteiger partial charge in [-0.05, 0) is 23.1 Å². The molecule has 12 nitrogen and oxygen atoms in total. The van der Waals surface area contributed by atoms with Gasteiger partial charge in [-0.3, -0.25) is 0 Å². The molecule has 1 aromatic carbocycles. The molecule has 2 aliphatic rings. The maximum absolute atomic E-state index is 10.3. The van der Waals surface area contributed by atoms with Gasteiger partial charge in [0.15, 0.2) is 12.6 Å². The fraction of sp³-hybridized carbons (Fsp3) is 0.739. The number of benzene rings is 1. The normalized spacial score (nSPS) is 38.0. The minimum Gasteiger partial charge on any atom is -0.496 e. The first-order valence-corrected chi connectivity index (χ1v) is 11.5. The number of ether oxygens (including phenoxy) is 5. The zero-order valence-electron chi connectivity index (χ0n) is 19.9. The molecule has 2 aliphatic heterocycles. The predicted octanol–water partition coefficient (Wildman–Crippen LogP) is -2.04. The maximum Gasteiger partial charge on any atom is 0.187 e. The van der Waals surface area contributed by atoms with Gasteiger partial charge >= 0.3 is 0 Å². The van der Waals surface area contributed by atoms with Gasteiger partial charge in [0.25, 0.3) is 0 Å². The SMILES string of the molecule is COc1cc(COC2OC(COC3OC(CO)C(O)C(O)C3O)C(O)C(O)C2O)ccc1C(C)C. The van der Waals surface area contributed by atoms with Crippen LogP contribution in [0, 0.1) is 0 Å². The average molecular weight is 505 g/mol. The number of aliphatic hydroxyl groups is 7. The minimum atomic E-state index is -1.64. The third kappa shape index (κ3) is 6.29. The summed E-state index contributed by atoms with van der Waals surface area (Å²) in [5.41, 5.74) is 1.76. The van der Waals surface area contributed by atoms with E-state index in [4.69, 9.17) is 23.7 Å². The zero-order valence-corrected chi connectivity index (χ0v) is 19.9. The van der Waals surface area contributed by atoms with Gasteiger partial charge in [-0.15, -0.1) is 0 Å². The molecule has 10 atom stereocenters. The molecule has 0 spiro atoms. The van der Waals surface area contributed by atoms with Crippen LogP contribution in [-0.2, 0) is 25.6 Å². The highest BCUT2D eigenvalue weighted by Gasteiger charge is 2.47. The molecule has 0 aromatic heterocycles. The fourth-order valence-corrected chi connectivity index (χ4v) is 4.09. The summed E-state index contributed by atoms with van der Waals surface area (Å²) in [5, 5.41) is 70.1. The molecule has 2 heterocycles. The summed E-state index contributed by atoms with van der Waals surface area (Å²) in [6.45, 7) is 3.04. The zero-order chi connectivity index (χ0) is 25.9. The summed E-state index contributed by atoms with van der Waals surface area (Å²) >= 11 is 0. The smallest absolute Gasteiger partial charge is 0.187 e. The van der Waals surface area contributed by atoms with Crippen molar-refractivity contribution in [3.05, 3.63) is 29.3 Å². The van der Waals surface area contributed by atoms with Crippen molar-refractivity contribution in [1.82, 2.24) is 0 Å². The second-order valence-electron chi connectivity index (χ2n) is 9.09. The van der Waals surface area contributed by atoms with Crippen LogP contribution in [0.5, 0.6) is 5.75 Å². The highest BCUT2D eigenvalue weighted by molar-refractivity contribution is 5.39. The summed E-state index contributed by atoms with van der Waals surface area (Å²) in [5.74, 6) is 0.942. The largest absolute Gasteiger partial charge is 0.496 e. The van der Waals surface area contributed by atoms with Crippen molar-refractivity contribution in [1.29, 1.82) is 0 Å². The van der Waals surface area contributed by atoms with Crippen molar-refractivity contribution >= 4 is 0 Å². The standard InChI is InChI=1S/C23H36O12/c1-10(2)12-5-4-11(6-13(12)31-3)8-32-22-21(30)19(28)17(26)15(35-22)9-33-23-20(29)18(27)16(25)14(7-24)34-23/h4-6,10,14-30H,7-9H2,1-3H3. The Balaban J connectivity index is 1.62. The molecule has 0 bridgehead atoms. The Morgan fingerprint density at radius 3 is 1.94 bits per heavy atom. The Bertz CT molecular complexity index is 805. The summed E-state index contributed by atoms with van der Waals surface area (Å²) in [7, 11) is 1.57. The number of hydrogen-bond acceptors (Lipinski definition) is 12.